The van der Waals surface area contributed by atoms with Gasteiger partial charge in [-0.2, -0.15) is 0 Å². The molecule has 20 heavy (non-hydrogen) atoms. The van der Waals surface area contributed by atoms with Crippen LogP contribution < -0.4 is 4.90 Å². The number of carboxylic acid groups (broad SMARTS) is 1. The first-order chi connectivity index (χ1) is 9.61. The summed E-state index contributed by atoms with van der Waals surface area (Å²) >= 11 is 0. The molecule has 0 aliphatic carbocycles. The van der Waals surface area contributed by atoms with Gasteiger partial charge in [0.2, 0.25) is 0 Å². The van der Waals surface area contributed by atoms with E-state index in [4.69, 9.17) is 5.11 Å². The molecule has 2 rings (SSSR count). The fraction of sp³-hybridized carbons (Fsp3) is 0.308. The van der Waals surface area contributed by atoms with Gasteiger partial charge in [0, 0.05) is 13.1 Å². The van der Waals surface area contributed by atoms with E-state index >= 15 is 0 Å². The van der Waals surface area contributed by atoms with Crippen molar-refractivity contribution in [2.24, 2.45) is 0 Å². The third kappa shape index (κ3) is 3.11. The van der Waals surface area contributed by atoms with Gasteiger partial charge in [0.25, 0.3) is 0 Å². The minimum atomic E-state index is -1.11. The summed E-state index contributed by atoms with van der Waals surface area (Å²) in [5.74, 6) is -1.39. The van der Waals surface area contributed by atoms with E-state index in [9.17, 15) is 9.18 Å². The number of hydrogen-bond acceptors (Lipinski definition) is 4. The fourth-order valence-electron chi connectivity index (χ4n) is 1.89. The molecule has 7 heteroatoms. The van der Waals surface area contributed by atoms with Crippen LogP contribution in [0.25, 0.3) is 0 Å². The van der Waals surface area contributed by atoms with Crippen LogP contribution in [0.3, 0.4) is 0 Å². The van der Waals surface area contributed by atoms with Crippen molar-refractivity contribution < 1.29 is 14.3 Å². The van der Waals surface area contributed by atoms with Gasteiger partial charge in [0.05, 0.1) is 18.4 Å². The Kier molecular flexibility index (Phi) is 4.29. The van der Waals surface area contributed by atoms with E-state index < -0.39 is 5.97 Å². The first-order valence-electron chi connectivity index (χ1n) is 6.24. The standard InChI is InChI=1S/C13H15FN4O2/c1-2-17(12-6-4-3-5-10(12)14)7-8-18-9-11(13(19)20)15-16-18/h3-6,9H,2,7-8H2,1H3,(H,19,20). The van der Waals surface area contributed by atoms with Gasteiger partial charge in [0.1, 0.15) is 5.82 Å². The van der Waals surface area contributed by atoms with E-state index in [1.165, 1.54) is 16.9 Å². The second-order valence-electron chi connectivity index (χ2n) is 4.20. The molecule has 0 bridgehead atoms. The molecule has 2 aromatic rings. The summed E-state index contributed by atoms with van der Waals surface area (Å²) in [6.07, 6.45) is 1.36. The molecule has 0 spiro atoms. The quantitative estimate of drug-likeness (QED) is 0.869. The van der Waals surface area contributed by atoms with Crippen LogP contribution in [-0.4, -0.2) is 39.2 Å². The molecule has 6 nitrogen and oxygen atoms in total. The van der Waals surface area contributed by atoms with Crippen molar-refractivity contribution >= 4 is 11.7 Å². The first-order valence-corrected chi connectivity index (χ1v) is 6.24. The van der Waals surface area contributed by atoms with Crippen molar-refractivity contribution in [3.05, 3.63) is 42.0 Å². The predicted octanol–water partition coefficient (Wildman–Crippen LogP) is 1.64. The topological polar surface area (TPSA) is 71.2 Å². The monoisotopic (exact) mass is 278 g/mol. The van der Waals surface area contributed by atoms with Gasteiger partial charge in [-0.05, 0) is 19.1 Å². The smallest absolute Gasteiger partial charge is 0.358 e. The molecule has 0 atom stereocenters. The van der Waals surface area contributed by atoms with Crippen LogP contribution in [0.5, 0.6) is 0 Å². The Labute approximate surface area is 115 Å². The number of carboxylic acids is 1. The SMILES string of the molecule is CCN(CCn1cc(C(=O)O)nn1)c1ccccc1F. The van der Waals surface area contributed by atoms with Gasteiger partial charge in [-0.25, -0.2) is 13.9 Å². The summed E-state index contributed by atoms with van der Waals surface area (Å²) in [6, 6.07) is 6.54. The summed E-state index contributed by atoms with van der Waals surface area (Å²) in [5, 5.41) is 16.0. The van der Waals surface area contributed by atoms with Crippen molar-refractivity contribution in [3.8, 4) is 0 Å². The average molecular weight is 278 g/mol. The molecule has 1 aromatic carbocycles. The molecule has 0 aliphatic heterocycles. The number of hydrogen-bond donors (Lipinski definition) is 1. The van der Waals surface area contributed by atoms with Gasteiger partial charge in [0.15, 0.2) is 5.69 Å². The zero-order valence-electron chi connectivity index (χ0n) is 11.0. The van der Waals surface area contributed by atoms with Crippen molar-refractivity contribution in [1.29, 1.82) is 0 Å². The summed E-state index contributed by atoms with van der Waals surface area (Å²) in [7, 11) is 0. The van der Waals surface area contributed by atoms with E-state index in [2.05, 4.69) is 10.3 Å². The van der Waals surface area contributed by atoms with Gasteiger partial charge >= 0.3 is 5.97 Å². The Balaban J connectivity index is 2.04. The number of anilines is 1. The average Bonchev–Trinajstić information content (AvgIpc) is 2.90. The fourth-order valence-corrected chi connectivity index (χ4v) is 1.89. The molecule has 0 fully saturated rings. The largest absolute Gasteiger partial charge is 0.476 e. The number of carbonyl (C=O) groups is 1. The Morgan fingerprint density at radius 1 is 1.45 bits per heavy atom. The maximum absolute atomic E-state index is 13.7. The Morgan fingerprint density at radius 3 is 2.80 bits per heavy atom. The van der Waals surface area contributed by atoms with Crippen LogP contribution in [0.1, 0.15) is 17.4 Å². The highest BCUT2D eigenvalue weighted by atomic mass is 19.1. The Bertz CT molecular complexity index is 600. The minimum Gasteiger partial charge on any atom is -0.476 e. The Hall–Kier alpha value is -2.44. The molecular formula is C13H15FN4O2. The maximum Gasteiger partial charge on any atom is 0.358 e. The normalized spacial score (nSPS) is 10.5. The van der Waals surface area contributed by atoms with E-state index in [1.807, 2.05) is 11.8 Å². The summed E-state index contributed by atoms with van der Waals surface area (Å²) in [4.78, 5) is 12.6. The number of para-hydroxylation sites is 1. The molecule has 0 saturated carbocycles. The number of aromatic carboxylic acids is 1. The number of halogens is 1. The second-order valence-corrected chi connectivity index (χ2v) is 4.20. The lowest BCUT2D eigenvalue weighted by molar-refractivity contribution is 0.0690. The van der Waals surface area contributed by atoms with Crippen molar-refractivity contribution in [2.75, 3.05) is 18.0 Å². The molecule has 0 aliphatic rings. The zero-order valence-corrected chi connectivity index (χ0v) is 11.0. The third-order valence-electron chi connectivity index (χ3n) is 2.93. The van der Waals surface area contributed by atoms with Crippen LogP contribution in [-0.2, 0) is 6.54 Å². The van der Waals surface area contributed by atoms with Crippen molar-refractivity contribution in [2.45, 2.75) is 13.5 Å². The highest BCUT2D eigenvalue weighted by Gasteiger charge is 2.11. The van der Waals surface area contributed by atoms with E-state index in [1.54, 1.807) is 18.2 Å². The van der Waals surface area contributed by atoms with Crippen molar-refractivity contribution in [1.82, 2.24) is 15.0 Å². The van der Waals surface area contributed by atoms with Crippen LogP contribution in [0.2, 0.25) is 0 Å². The number of benzene rings is 1. The third-order valence-corrected chi connectivity index (χ3v) is 2.93. The number of rotatable bonds is 6. The van der Waals surface area contributed by atoms with Crippen LogP contribution in [0, 0.1) is 5.82 Å². The number of aromatic nitrogens is 3. The van der Waals surface area contributed by atoms with E-state index in [-0.39, 0.29) is 11.5 Å². The minimum absolute atomic E-state index is 0.0982. The highest BCUT2D eigenvalue weighted by molar-refractivity contribution is 5.84. The molecule has 0 radical (unpaired) electrons. The summed E-state index contributed by atoms with van der Waals surface area (Å²) in [5.41, 5.74) is 0.424. The summed E-state index contributed by atoms with van der Waals surface area (Å²) < 4.78 is 15.1. The maximum atomic E-state index is 13.7. The molecule has 106 valence electrons. The van der Waals surface area contributed by atoms with Crippen LogP contribution in [0.15, 0.2) is 30.5 Å². The Morgan fingerprint density at radius 2 is 2.20 bits per heavy atom. The van der Waals surface area contributed by atoms with Gasteiger partial charge in [-0.15, -0.1) is 5.10 Å². The molecule has 1 aromatic heterocycles. The first kappa shape index (κ1) is 14.0. The molecule has 0 saturated heterocycles. The predicted molar refractivity (Wildman–Crippen MR) is 71.3 cm³/mol. The van der Waals surface area contributed by atoms with Crippen LogP contribution in [0.4, 0.5) is 10.1 Å². The van der Waals surface area contributed by atoms with Gasteiger partial charge < -0.3 is 10.0 Å². The summed E-state index contributed by atoms with van der Waals surface area (Å²) in [6.45, 7) is 3.51. The van der Waals surface area contributed by atoms with E-state index in [0.29, 0.717) is 25.3 Å². The van der Waals surface area contributed by atoms with Gasteiger partial charge in [-0.1, -0.05) is 17.3 Å². The van der Waals surface area contributed by atoms with Crippen molar-refractivity contribution in [3.63, 3.8) is 0 Å². The molecule has 0 unspecified atom stereocenters. The zero-order chi connectivity index (χ0) is 14.5. The number of likely N-dealkylation sites (N-methyl/N-ethyl adjacent to an activating group) is 1. The highest BCUT2D eigenvalue weighted by Crippen LogP contribution is 2.18. The van der Waals surface area contributed by atoms with Gasteiger partial charge in [-0.3, -0.25) is 0 Å². The number of nitrogens with zero attached hydrogens (tertiary/aromatic N) is 4. The lowest BCUT2D eigenvalue weighted by Crippen LogP contribution is -2.28. The van der Waals surface area contributed by atoms with E-state index in [0.717, 1.165) is 0 Å². The molecule has 0 amide bonds. The molecule has 1 N–H and O–H groups in total. The van der Waals surface area contributed by atoms with Crippen LogP contribution >= 0.6 is 0 Å². The second kappa shape index (κ2) is 6.14. The lowest BCUT2D eigenvalue weighted by atomic mass is 10.2. The molecular weight excluding hydrogens is 263 g/mol. The molecule has 1 heterocycles. The lowest BCUT2D eigenvalue weighted by Gasteiger charge is -2.23.